The van der Waals surface area contributed by atoms with Gasteiger partial charge < -0.3 is 10.7 Å². The number of hydrogen-bond acceptors (Lipinski definition) is 5. The number of thioether (sulfide) groups is 1. The van der Waals surface area contributed by atoms with Crippen LogP contribution in [0.5, 0.6) is 0 Å². The van der Waals surface area contributed by atoms with E-state index in [2.05, 4.69) is 36.3 Å². The van der Waals surface area contributed by atoms with Gasteiger partial charge in [0.1, 0.15) is 0 Å². The van der Waals surface area contributed by atoms with Crippen LogP contribution >= 0.6 is 33.7 Å². The number of carbonyl (C=O) groups excluding carboxylic acids is 1. The average molecular weight is 465 g/mol. The topological polar surface area (TPSA) is 99.3 Å². The molecule has 1 aliphatic rings. The van der Waals surface area contributed by atoms with E-state index in [0.717, 1.165) is 46.2 Å². The first-order chi connectivity index (χ1) is 14.2. The van der Waals surface area contributed by atoms with Crippen LogP contribution in [0.1, 0.15) is 53.4 Å². The maximum Gasteiger partial charge on any atom is 0.250 e. The second-order valence-electron chi connectivity index (χ2n) is 8.20. The molecule has 5 N–H and O–H groups in total. The van der Waals surface area contributed by atoms with Gasteiger partial charge in [0, 0.05) is 33.7 Å². The number of aromatic amines is 1. The van der Waals surface area contributed by atoms with Crippen molar-refractivity contribution in [1.82, 2.24) is 4.98 Å². The number of thiophene rings is 1. The average Bonchev–Trinajstić information content (AvgIpc) is 3.32. The fourth-order valence-electron chi connectivity index (χ4n) is 4.03. The highest BCUT2D eigenvalue weighted by Gasteiger charge is 2.27. The van der Waals surface area contributed by atoms with Gasteiger partial charge in [-0.15, -0.1) is 11.3 Å². The molecule has 0 radical (unpaired) electrons. The number of aromatic nitrogens is 1. The molecule has 162 valence electrons. The lowest BCUT2D eigenvalue weighted by molar-refractivity contribution is 0.100. The zero-order chi connectivity index (χ0) is 21.5. The Bertz CT molecular complexity index is 1060. The van der Waals surface area contributed by atoms with Crippen molar-refractivity contribution in [3.05, 3.63) is 45.8 Å². The molecule has 0 aliphatic carbocycles. The summed E-state index contributed by atoms with van der Waals surface area (Å²) in [7, 11) is -2.43. The van der Waals surface area contributed by atoms with Gasteiger partial charge in [-0.25, -0.2) is 0 Å². The summed E-state index contributed by atoms with van der Waals surface area (Å²) < 4.78 is 19.9. The van der Waals surface area contributed by atoms with Crippen LogP contribution in [0.2, 0.25) is 0 Å². The van der Waals surface area contributed by atoms with Gasteiger partial charge in [-0.2, -0.15) is 22.4 Å². The van der Waals surface area contributed by atoms with Gasteiger partial charge in [-0.1, -0.05) is 13.8 Å². The first-order valence-electron chi connectivity index (χ1n) is 10.1. The minimum atomic E-state index is -2.43. The molecule has 30 heavy (non-hydrogen) atoms. The van der Waals surface area contributed by atoms with Crippen LogP contribution in [0.25, 0.3) is 22.0 Å². The zero-order valence-corrected chi connectivity index (χ0v) is 19.6. The predicted molar refractivity (Wildman–Crippen MR) is 131 cm³/mol. The monoisotopic (exact) mass is 464 g/mol. The second kappa shape index (κ2) is 8.59. The quantitative estimate of drug-likeness (QED) is 0.346. The first-order valence-corrected chi connectivity index (χ1v) is 13.9. The lowest BCUT2D eigenvalue weighted by Gasteiger charge is -2.39. The second-order valence-corrected chi connectivity index (χ2v) is 13.2. The molecule has 0 atom stereocenters. The standard InChI is InChI=1S/C22H28N2O3S3/c1-13(2)28-12-17-7-16(11-29-17)15-8-18-20(14-3-5-30(26,27)6-4-14)10-24-21(18)19(9-15)22(23)25/h7-11,13-14,24,26-27H,3-6,12H2,1-2H3,(H2,23,25). The van der Waals surface area contributed by atoms with E-state index >= 15 is 0 Å². The van der Waals surface area contributed by atoms with Gasteiger partial charge in [0.2, 0.25) is 0 Å². The smallest absolute Gasteiger partial charge is 0.250 e. The number of primary amides is 1. The minimum Gasteiger partial charge on any atom is -0.366 e. The van der Waals surface area contributed by atoms with Crippen molar-refractivity contribution in [1.29, 1.82) is 0 Å². The van der Waals surface area contributed by atoms with E-state index in [0.29, 0.717) is 22.3 Å². The van der Waals surface area contributed by atoms with Crippen molar-refractivity contribution in [2.45, 2.75) is 43.6 Å². The van der Waals surface area contributed by atoms with Crippen molar-refractivity contribution in [3.63, 3.8) is 0 Å². The van der Waals surface area contributed by atoms with Crippen LogP contribution < -0.4 is 5.73 Å². The maximum atomic E-state index is 12.2. The molecule has 2 aromatic heterocycles. The lowest BCUT2D eigenvalue weighted by Crippen LogP contribution is -2.19. The van der Waals surface area contributed by atoms with E-state index in [9.17, 15) is 13.9 Å². The Kier molecular flexibility index (Phi) is 6.23. The third-order valence-electron chi connectivity index (χ3n) is 5.66. The summed E-state index contributed by atoms with van der Waals surface area (Å²) in [6.07, 6.45) is 3.43. The molecular weight excluding hydrogens is 436 g/mol. The van der Waals surface area contributed by atoms with Crippen molar-refractivity contribution in [2.75, 3.05) is 11.5 Å². The van der Waals surface area contributed by atoms with Gasteiger partial charge >= 0.3 is 0 Å². The van der Waals surface area contributed by atoms with Crippen LogP contribution in [0.15, 0.2) is 29.8 Å². The molecule has 0 spiro atoms. The van der Waals surface area contributed by atoms with Crippen molar-refractivity contribution in [3.8, 4) is 11.1 Å². The van der Waals surface area contributed by atoms with Gasteiger partial charge in [-0.05, 0) is 64.3 Å². The van der Waals surface area contributed by atoms with E-state index in [1.807, 2.05) is 24.0 Å². The van der Waals surface area contributed by atoms with E-state index in [1.165, 1.54) is 4.88 Å². The van der Waals surface area contributed by atoms with Crippen LogP contribution in [0.4, 0.5) is 0 Å². The third-order valence-corrected chi connectivity index (χ3v) is 9.70. The van der Waals surface area contributed by atoms with Gasteiger partial charge in [-0.3, -0.25) is 13.9 Å². The number of nitrogens with two attached hydrogens (primary N) is 1. The highest BCUT2D eigenvalue weighted by atomic mass is 32.3. The molecule has 0 bridgehead atoms. The summed E-state index contributed by atoms with van der Waals surface area (Å²) >= 11 is 3.66. The number of carbonyl (C=O) groups is 1. The van der Waals surface area contributed by atoms with E-state index < -0.39 is 16.5 Å². The van der Waals surface area contributed by atoms with Gasteiger partial charge in [0.25, 0.3) is 5.91 Å². The van der Waals surface area contributed by atoms with Crippen LogP contribution in [-0.2, 0) is 5.75 Å². The first kappa shape index (κ1) is 21.8. The highest BCUT2D eigenvalue weighted by Crippen LogP contribution is 2.49. The van der Waals surface area contributed by atoms with Crippen LogP contribution in [0.3, 0.4) is 0 Å². The molecule has 5 nitrogen and oxygen atoms in total. The largest absolute Gasteiger partial charge is 0.366 e. The van der Waals surface area contributed by atoms with Gasteiger partial charge in [0.15, 0.2) is 0 Å². The fourth-order valence-corrected chi connectivity index (χ4v) is 7.29. The third kappa shape index (κ3) is 4.57. The van der Waals surface area contributed by atoms with E-state index in [4.69, 9.17) is 5.73 Å². The Labute approximate surface area is 186 Å². The molecule has 1 amide bonds. The number of fused-ring (bicyclic) bond motifs is 1. The van der Waals surface area contributed by atoms with E-state index in [-0.39, 0.29) is 5.92 Å². The summed E-state index contributed by atoms with van der Waals surface area (Å²) in [5.41, 5.74) is 10.2. The molecule has 1 aromatic carbocycles. The summed E-state index contributed by atoms with van der Waals surface area (Å²) in [6, 6.07) is 6.22. The molecule has 0 saturated carbocycles. The van der Waals surface area contributed by atoms with Crippen molar-refractivity contribution in [2.24, 2.45) is 5.73 Å². The molecule has 4 rings (SSSR count). The summed E-state index contributed by atoms with van der Waals surface area (Å²) in [5.74, 6) is 1.66. The Hall–Kier alpha value is -1.45. The Morgan fingerprint density at radius 2 is 2.00 bits per heavy atom. The Morgan fingerprint density at radius 3 is 2.67 bits per heavy atom. The summed E-state index contributed by atoms with van der Waals surface area (Å²) in [5, 5.41) is 3.74. The summed E-state index contributed by atoms with van der Waals surface area (Å²) in [6.45, 7) is 4.40. The number of rotatable bonds is 6. The molecule has 1 aliphatic heterocycles. The number of H-pyrrole nitrogens is 1. The lowest BCUT2D eigenvalue weighted by atomic mass is 9.91. The normalized spacial score (nSPS) is 18.2. The van der Waals surface area contributed by atoms with Crippen LogP contribution in [-0.4, -0.2) is 36.8 Å². The molecule has 3 heterocycles. The minimum absolute atomic E-state index is 0.245. The zero-order valence-electron chi connectivity index (χ0n) is 17.2. The highest BCUT2D eigenvalue weighted by molar-refractivity contribution is 8.24. The Balaban J connectivity index is 1.72. The van der Waals surface area contributed by atoms with Gasteiger partial charge in [0.05, 0.1) is 11.1 Å². The van der Waals surface area contributed by atoms with E-state index in [1.54, 1.807) is 11.3 Å². The van der Waals surface area contributed by atoms with Crippen molar-refractivity contribution < 1.29 is 13.9 Å². The molecular formula is C22H28N2O3S3. The maximum absolute atomic E-state index is 12.2. The SMILES string of the molecule is CC(C)SCc1cc(-c2cc(C(N)=O)c3[nH]cc(C4CCS(O)(O)CC4)c3c2)cs1. The number of amides is 1. The molecule has 3 aromatic rings. The fraction of sp³-hybridized carbons (Fsp3) is 0.409. The van der Waals surface area contributed by atoms with Crippen LogP contribution in [0, 0.1) is 0 Å². The molecule has 0 unspecified atom stereocenters. The number of benzene rings is 1. The van der Waals surface area contributed by atoms with Crippen molar-refractivity contribution >= 4 is 50.5 Å². The Morgan fingerprint density at radius 1 is 1.27 bits per heavy atom. The number of nitrogens with one attached hydrogen (secondary N) is 1. The molecule has 1 saturated heterocycles. The predicted octanol–water partition coefficient (Wildman–Crippen LogP) is 6.26. The number of hydrogen-bond donors (Lipinski definition) is 4. The molecule has 1 fully saturated rings. The summed E-state index contributed by atoms with van der Waals surface area (Å²) in [4.78, 5) is 16.8. The molecule has 8 heteroatoms.